The maximum atomic E-state index is 12.1. The van der Waals surface area contributed by atoms with E-state index >= 15 is 0 Å². The Labute approximate surface area is 135 Å². The average Bonchev–Trinajstić information content (AvgIpc) is 2.54. The van der Waals surface area contributed by atoms with Crippen LogP contribution in [0.25, 0.3) is 0 Å². The molecule has 1 saturated carbocycles. The topological polar surface area (TPSA) is 74.2 Å². The second-order valence-corrected chi connectivity index (χ2v) is 5.91. The fourth-order valence-electron chi connectivity index (χ4n) is 2.69. The molecule has 0 aliphatic heterocycles. The van der Waals surface area contributed by atoms with E-state index in [0.717, 1.165) is 37.8 Å². The number of nitriles is 1. The highest BCUT2D eigenvalue weighted by atomic mass is 35.5. The number of ether oxygens (including phenoxy) is 1. The lowest BCUT2D eigenvalue weighted by Gasteiger charge is -2.31. The first-order chi connectivity index (χ1) is 10.6. The molecular formula is C16H20ClN3O2. The van der Waals surface area contributed by atoms with Gasteiger partial charge in [0.15, 0.2) is 0 Å². The van der Waals surface area contributed by atoms with E-state index in [1.54, 1.807) is 25.3 Å². The van der Waals surface area contributed by atoms with Gasteiger partial charge in [0, 0.05) is 5.69 Å². The van der Waals surface area contributed by atoms with E-state index in [1.165, 1.54) is 0 Å². The minimum atomic E-state index is -0.700. The van der Waals surface area contributed by atoms with E-state index < -0.39 is 5.54 Å². The van der Waals surface area contributed by atoms with Crippen LogP contribution in [-0.2, 0) is 4.79 Å². The molecule has 0 heterocycles. The fourth-order valence-corrected chi connectivity index (χ4v) is 2.95. The molecule has 1 fully saturated rings. The molecule has 0 spiro atoms. The van der Waals surface area contributed by atoms with Crippen LogP contribution in [0.5, 0.6) is 5.75 Å². The van der Waals surface area contributed by atoms with Gasteiger partial charge in [-0.15, -0.1) is 0 Å². The van der Waals surface area contributed by atoms with E-state index in [-0.39, 0.29) is 12.5 Å². The maximum absolute atomic E-state index is 12.1. The van der Waals surface area contributed by atoms with Gasteiger partial charge in [0.2, 0.25) is 5.91 Å². The van der Waals surface area contributed by atoms with E-state index in [1.807, 2.05) is 0 Å². The standard InChI is InChI=1S/C16H20ClN3O2/c1-22-14-6-5-12(9-13(14)17)19-10-15(21)20-16(11-18)7-3-2-4-8-16/h5-6,9,19H,2-4,7-8,10H2,1H3,(H,20,21). The monoisotopic (exact) mass is 321 g/mol. The molecule has 0 aromatic heterocycles. The summed E-state index contributed by atoms with van der Waals surface area (Å²) in [6.45, 7) is 0.103. The van der Waals surface area contributed by atoms with Crippen LogP contribution in [0.3, 0.4) is 0 Å². The van der Waals surface area contributed by atoms with Crippen LogP contribution in [0.2, 0.25) is 5.02 Å². The Kier molecular flexibility index (Phi) is 5.51. The second-order valence-electron chi connectivity index (χ2n) is 5.51. The van der Waals surface area contributed by atoms with E-state index in [2.05, 4.69) is 16.7 Å². The lowest BCUT2D eigenvalue weighted by molar-refractivity contribution is -0.121. The number of amides is 1. The molecule has 1 aliphatic rings. The summed E-state index contributed by atoms with van der Waals surface area (Å²) in [6, 6.07) is 7.50. The molecule has 22 heavy (non-hydrogen) atoms. The van der Waals surface area contributed by atoms with Crippen molar-refractivity contribution in [3.05, 3.63) is 23.2 Å². The van der Waals surface area contributed by atoms with Gasteiger partial charge in [0.25, 0.3) is 0 Å². The van der Waals surface area contributed by atoms with Crippen molar-refractivity contribution in [1.29, 1.82) is 5.26 Å². The number of halogens is 1. The van der Waals surface area contributed by atoms with Gasteiger partial charge in [-0.1, -0.05) is 30.9 Å². The molecular weight excluding hydrogens is 302 g/mol. The molecule has 2 N–H and O–H groups in total. The van der Waals surface area contributed by atoms with Crippen molar-refractivity contribution >= 4 is 23.2 Å². The summed E-state index contributed by atoms with van der Waals surface area (Å²) in [5, 5.41) is 15.7. The molecule has 0 radical (unpaired) electrons. The Morgan fingerprint density at radius 3 is 2.73 bits per heavy atom. The van der Waals surface area contributed by atoms with Crippen LogP contribution >= 0.6 is 11.6 Å². The average molecular weight is 322 g/mol. The van der Waals surface area contributed by atoms with Crippen molar-refractivity contribution in [2.45, 2.75) is 37.6 Å². The van der Waals surface area contributed by atoms with Gasteiger partial charge in [0.1, 0.15) is 11.3 Å². The number of methoxy groups -OCH3 is 1. The highest BCUT2D eigenvalue weighted by Crippen LogP contribution is 2.28. The van der Waals surface area contributed by atoms with Crippen LogP contribution in [0, 0.1) is 11.3 Å². The third-order valence-electron chi connectivity index (χ3n) is 3.90. The van der Waals surface area contributed by atoms with Crippen molar-refractivity contribution in [1.82, 2.24) is 5.32 Å². The first-order valence-electron chi connectivity index (χ1n) is 7.38. The molecule has 0 atom stereocenters. The van der Waals surface area contributed by atoms with Gasteiger partial charge in [-0.2, -0.15) is 5.26 Å². The molecule has 5 nitrogen and oxygen atoms in total. The van der Waals surface area contributed by atoms with Gasteiger partial charge in [-0.25, -0.2) is 0 Å². The molecule has 0 unspecified atom stereocenters. The summed E-state index contributed by atoms with van der Waals surface area (Å²) in [4.78, 5) is 12.1. The zero-order valence-electron chi connectivity index (χ0n) is 12.6. The molecule has 1 amide bonds. The summed E-state index contributed by atoms with van der Waals surface area (Å²) in [6.07, 6.45) is 4.54. The Morgan fingerprint density at radius 1 is 1.41 bits per heavy atom. The van der Waals surface area contributed by atoms with Crippen LogP contribution in [-0.4, -0.2) is 25.1 Å². The summed E-state index contributed by atoms with van der Waals surface area (Å²) >= 11 is 6.04. The first-order valence-corrected chi connectivity index (χ1v) is 7.76. The number of benzene rings is 1. The summed E-state index contributed by atoms with van der Waals surface area (Å²) in [5.74, 6) is 0.401. The number of carbonyl (C=O) groups excluding carboxylic acids is 1. The Bertz CT molecular complexity index is 577. The second kappa shape index (κ2) is 7.37. The molecule has 1 aliphatic carbocycles. The van der Waals surface area contributed by atoms with E-state index in [9.17, 15) is 10.1 Å². The van der Waals surface area contributed by atoms with Gasteiger partial charge < -0.3 is 15.4 Å². The highest BCUT2D eigenvalue weighted by molar-refractivity contribution is 6.32. The molecule has 2 rings (SSSR count). The third-order valence-corrected chi connectivity index (χ3v) is 4.20. The van der Waals surface area contributed by atoms with Crippen LogP contribution in [0.15, 0.2) is 18.2 Å². The van der Waals surface area contributed by atoms with Crippen molar-refractivity contribution in [2.75, 3.05) is 19.0 Å². The predicted molar refractivity (Wildman–Crippen MR) is 86.1 cm³/mol. The summed E-state index contributed by atoms with van der Waals surface area (Å²) < 4.78 is 5.08. The fraction of sp³-hybridized carbons (Fsp3) is 0.500. The lowest BCUT2D eigenvalue weighted by Crippen LogP contribution is -2.50. The molecule has 1 aromatic rings. The third kappa shape index (κ3) is 4.05. The number of anilines is 1. The van der Waals surface area contributed by atoms with Gasteiger partial charge >= 0.3 is 0 Å². The lowest BCUT2D eigenvalue weighted by atomic mass is 9.83. The first kappa shape index (κ1) is 16.4. The summed E-state index contributed by atoms with van der Waals surface area (Å²) in [7, 11) is 1.55. The summed E-state index contributed by atoms with van der Waals surface area (Å²) in [5.41, 5.74) is 0.0322. The molecule has 118 valence electrons. The van der Waals surface area contributed by atoms with Gasteiger partial charge in [0.05, 0.1) is 24.7 Å². The number of rotatable bonds is 5. The SMILES string of the molecule is COc1ccc(NCC(=O)NC2(C#N)CCCCC2)cc1Cl. The molecule has 0 bridgehead atoms. The molecule has 6 heteroatoms. The maximum Gasteiger partial charge on any atom is 0.240 e. The van der Waals surface area contributed by atoms with Crippen LogP contribution < -0.4 is 15.4 Å². The number of hydrogen-bond donors (Lipinski definition) is 2. The zero-order valence-corrected chi connectivity index (χ0v) is 13.4. The molecule has 1 aromatic carbocycles. The normalized spacial score (nSPS) is 16.4. The van der Waals surface area contributed by atoms with Gasteiger partial charge in [-0.3, -0.25) is 4.79 Å². The van der Waals surface area contributed by atoms with Crippen molar-refractivity contribution in [2.24, 2.45) is 0 Å². The number of nitrogens with zero attached hydrogens (tertiary/aromatic N) is 1. The zero-order chi connectivity index (χ0) is 16.0. The number of nitrogens with one attached hydrogen (secondary N) is 2. The highest BCUT2D eigenvalue weighted by Gasteiger charge is 2.33. The number of hydrogen-bond acceptors (Lipinski definition) is 4. The Morgan fingerprint density at radius 2 is 2.14 bits per heavy atom. The minimum Gasteiger partial charge on any atom is -0.495 e. The quantitative estimate of drug-likeness (QED) is 0.874. The van der Waals surface area contributed by atoms with Crippen LogP contribution in [0.4, 0.5) is 5.69 Å². The number of carbonyl (C=O) groups is 1. The van der Waals surface area contributed by atoms with Crippen LogP contribution in [0.1, 0.15) is 32.1 Å². The minimum absolute atomic E-state index is 0.103. The predicted octanol–water partition coefficient (Wildman–Crippen LogP) is 3.10. The largest absolute Gasteiger partial charge is 0.495 e. The molecule has 0 saturated heterocycles. The smallest absolute Gasteiger partial charge is 0.240 e. The van der Waals surface area contributed by atoms with Crippen molar-refractivity contribution in [3.63, 3.8) is 0 Å². The van der Waals surface area contributed by atoms with E-state index in [0.29, 0.717) is 10.8 Å². The Hall–Kier alpha value is -1.93. The van der Waals surface area contributed by atoms with Crippen molar-refractivity contribution in [3.8, 4) is 11.8 Å². The Balaban J connectivity index is 1.90. The van der Waals surface area contributed by atoms with Crippen molar-refractivity contribution < 1.29 is 9.53 Å². The van der Waals surface area contributed by atoms with E-state index in [4.69, 9.17) is 16.3 Å². The van der Waals surface area contributed by atoms with Gasteiger partial charge in [-0.05, 0) is 31.0 Å².